The molecule has 0 saturated carbocycles. The highest BCUT2D eigenvalue weighted by Crippen LogP contribution is 2.26. The quantitative estimate of drug-likeness (QED) is 0.606. The topological polar surface area (TPSA) is 44.5 Å². The zero-order valence-corrected chi connectivity index (χ0v) is 8.88. The predicted molar refractivity (Wildman–Crippen MR) is 57.9 cm³/mol. The summed E-state index contributed by atoms with van der Waals surface area (Å²) in [7, 11) is 0. The molecule has 78 valence electrons. The van der Waals surface area contributed by atoms with Gasteiger partial charge in [0, 0.05) is 12.3 Å². The number of nitrogens with two attached hydrogens (primary N) is 1. The Kier molecular flexibility index (Phi) is 4.56. The lowest BCUT2D eigenvalue weighted by Crippen LogP contribution is -2.06. The van der Waals surface area contributed by atoms with Crippen LogP contribution in [0.5, 0.6) is 5.75 Å². The largest absolute Gasteiger partial charge is 0.490 e. The van der Waals surface area contributed by atoms with Crippen molar-refractivity contribution in [3.05, 3.63) is 23.2 Å². The van der Waals surface area contributed by atoms with E-state index in [1.54, 1.807) is 18.2 Å². The Morgan fingerprint density at radius 3 is 2.79 bits per heavy atom. The van der Waals surface area contributed by atoms with Gasteiger partial charge >= 0.3 is 0 Å². The van der Waals surface area contributed by atoms with Crippen molar-refractivity contribution >= 4 is 17.3 Å². The molecular weight excluding hydrogens is 202 g/mol. The molecule has 3 nitrogen and oxygen atoms in total. The van der Waals surface area contributed by atoms with E-state index in [0.29, 0.717) is 36.3 Å². The van der Waals surface area contributed by atoms with Gasteiger partial charge in [-0.15, -0.1) is 0 Å². The molecule has 1 aromatic carbocycles. The fourth-order valence-corrected chi connectivity index (χ4v) is 1.23. The third kappa shape index (κ3) is 3.44. The summed E-state index contributed by atoms with van der Waals surface area (Å²) in [6, 6.07) is 5.17. The highest BCUT2D eigenvalue weighted by atomic mass is 35.5. The zero-order chi connectivity index (χ0) is 10.4. The molecular formula is C10H14ClNO2. The minimum Gasteiger partial charge on any atom is -0.490 e. The van der Waals surface area contributed by atoms with Gasteiger partial charge in [-0.3, -0.25) is 0 Å². The number of hydrogen-bond donors (Lipinski definition) is 1. The molecule has 1 rings (SSSR count). The van der Waals surface area contributed by atoms with E-state index in [9.17, 15) is 0 Å². The van der Waals surface area contributed by atoms with Gasteiger partial charge in [0.25, 0.3) is 0 Å². The van der Waals surface area contributed by atoms with E-state index in [2.05, 4.69) is 0 Å². The Bertz CT molecular complexity index is 291. The SMILES string of the molecule is CCOCCOc1ccc(N)cc1Cl. The van der Waals surface area contributed by atoms with Crippen LogP contribution < -0.4 is 10.5 Å². The molecule has 0 saturated heterocycles. The Morgan fingerprint density at radius 1 is 1.36 bits per heavy atom. The van der Waals surface area contributed by atoms with Crippen LogP contribution in [-0.4, -0.2) is 19.8 Å². The monoisotopic (exact) mass is 215 g/mol. The highest BCUT2D eigenvalue weighted by Gasteiger charge is 2.00. The Morgan fingerprint density at radius 2 is 2.14 bits per heavy atom. The van der Waals surface area contributed by atoms with E-state index in [1.165, 1.54) is 0 Å². The van der Waals surface area contributed by atoms with Crippen molar-refractivity contribution in [2.75, 3.05) is 25.6 Å². The summed E-state index contributed by atoms with van der Waals surface area (Å²) in [5.74, 6) is 0.639. The van der Waals surface area contributed by atoms with Crippen molar-refractivity contribution in [2.24, 2.45) is 0 Å². The predicted octanol–water partition coefficient (Wildman–Crippen LogP) is 2.34. The van der Waals surface area contributed by atoms with Crippen LogP contribution in [0.4, 0.5) is 5.69 Å². The second-order valence-electron chi connectivity index (χ2n) is 2.74. The number of anilines is 1. The Labute approximate surface area is 88.8 Å². The van der Waals surface area contributed by atoms with Crippen LogP contribution in [-0.2, 0) is 4.74 Å². The van der Waals surface area contributed by atoms with Crippen LogP contribution in [0.3, 0.4) is 0 Å². The fraction of sp³-hybridized carbons (Fsp3) is 0.400. The van der Waals surface area contributed by atoms with Gasteiger partial charge in [-0.05, 0) is 25.1 Å². The smallest absolute Gasteiger partial charge is 0.138 e. The van der Waals surface area contributed by atoms with Crippen molar-refractivity contribution < 1.29 is 9.47 Å². The number of hydrogen-bond acceptors (Lipinski definition) is 3. The van der Waals surface area contributed by atoms with Crippen LogP contribution in [0, 0.1) is 0 Å². The van der Waals surface area contributed by atoms with Gasteiger partial charge in [0.1, 0.15) is 12.4 Å². The summed E-state index contributed by atoms with van der Waals surface area (Å²) in [5, 5.41) is 0.529. The second-order valence-corrected chi connectivity index (χ2v) is 3.14. The molecule has 0 radical (unpaired) electrons. The van der Waals surface area contributed by atoms with E-state index >= 15 is 0 Å². The standard InChI is InChI=1S/C10H14ClNO2/c1-2-13-5-6-14-10-4-3-8(12)7-9(10)11/h3-4,7H,2,5-6,12H2,1H3. The van der Waals surface area contributed by atoms with Crippen LogP contribution in [0.15, 0.2) is 18.2 Å². The lowest BCUT2D eigenvalue weighted by atomic mass is 10.3. The van der Waals surface area contributed by atoms with E-state index in [0.717, 1.165) is 0 Å². The van der Waals surface area contributed by atoms with E-state index < -0.39 is 0 Å². The Balaban J connectivity index is 2.42. The van der Waals surface area contributed by atoms with E-state index in [4.69, 9.17) is 26.8 Å². The number of benzene rings is 1. The van der Waals surface area contributed by atoms with Gasteiger partial charge < -0.3 is 15.2 Å². The number of rotatable bonds is 5. The average molecular weight is 216 g/mol. The van der Waals surface area contributed by atoms with E-state index in [1.807, 2.05) is 6.92 Å². The Hall–Kier alpha value is -0.930. The summed E-state index contributed by atoms with van der Waals surface area (Å²) in [4.78, 5) is 0. The fourth-order valence-electron chi connectivity index (χ4n) is 0.989. The molecule has 0 amide bonds. The molecule has 0 heterocycles. The van der Waals surface area contributed by atoms with Gasteiger partial charge in [-0.25, -0.2) is 0 Å². The first-order valence-corrected chi connectivity index (χ1v) is 4.87. The molecule has 0 aliphatic carbocycles. The highest BCUT2D eigenvalue weighted by molar-refractivity contribution is 6.32. The first kappa shape index (κ1) is 11.1. The molecule has 0 fully saturated rings. The van der Waals surface area contributed by atoms with Gasteiger partial charge in [-0.1, -0.05) is 11.6 Å². The van der Waals surface area contributed by atoms with Gasteiger partial charge in [0.05, 0.1) is 11.6 Å². The maximum Gasteiger partial charge on any atom is 0.138 e. The summed E-state index contributed by atoms with van der Waals surface area (Å²) in [6.07, 6.45) is 0. The molecule has 0 aliphatic rings. The number of nitrogen functional groups attached to an aromatic ring is 1. The minimum absolute atomic E-state index is 0.497. The summed E-state index contributed by atoms with van der Waals surface area (Å²) >= 11 is 5.90. The van der Waals surface area contributed by atoms with Crippen molar-refractivity contribution in [3.63, 3.8) is 0 Å². The van der Waals surface area contributed by atoms with Crippen molar-refractivity contribution in [1.29, 1.82) is 0 Å². The van der Waals surface area contributed by atoms with E-state index in [-0.39, 0.29) is 0 Å². The van der Waals surface area contributed by atoms with Crippen molar-refractivity contribution in [1.82, 2.24) is 0 Å². The molecule has 0 spiro atoms. The van der Waals surface area contributed by atoms with Crippen molar-refractivity contribution in [3.8, 4) is 5.75 Å². The molecule has 4 heteroatoms. The number of halogens is 1. The minimum atomic E-state index is 0.497. The maximum absolute atomic E-state index is 5.90. The van der Waals surface area contributed by atoms with Crippen LogP contribution in [0.2, 0.25) is 5.02 Å². The third-order valence-corrected chi connectivity index (χ3v) is 1.94. The molecule has 2 N–H and O–H groups in total. The molecule has 0 unspecified atom stereocenters. The van der Waals surface area contributed by atoms with Gasteiger partial charge in [-0.2, -0.15) is 0 Å². The first-order chi connectivity index (χ1) is 6.74. The van der Waals surface area contributed by atoms with Gasteiger partial charge in [0.15, 0.2) is 0 Å². The van der Waals surface area contributed by atoms with Gasteiger partial charge in [0.2, 0.25) is 0 Å². The maximum atomic E-state index is 5.90. The lowest BCUT2D eigenvalue weighted by molar-refractivity contribution is 0.110. The zero-order valence-electron chi connectivity index (χ0n) is 8.13. The van der Waals surface area contributed by atoms with Crippen molar-refractivity contribution in [2.45, 2.75) is 6.92 Å². The number of ether oxygens (including phenoxy) is 2. The average Bonchev–Trinajstić information content (AvgIpc) is 2.15. The van der Waals surface area contributed by atoms with Crippen LogP contribution >= 0.6 is 11.6 Å². The second kappa shape index (κ2) is 5.73. The molecule has 1 aromatic rings. The summed E-state index contributed by atoms with van der Waals surface area (Å²) < 4.78 is 10.5. The third-order valence-electron chi connectivity index (χ3n) is 1.65. The normalized spacial score (nSPS) is 10.1. The molecule has 14 heavy (non-hydrogen) atoms. The summed E-state index contributed by atoms with van der Waals surface area (Å²) in [5.41, 5.74) is 6.17. The molecule has 0 aromatic heterocycles. The van der Waals surface area contributed by atoms with Crippen LogP contribution in [0.25, 0.3) is 0 Å². The first-order valence-electron chi connectivity index (χ1n) is 4.49. The lowest BCUT2D eigenvalue weighted by Gasteiger charge is -2.08. The van der Waals surface area contributed by atoms with Crippen LogP contribution in [0.1, 0.15) is 6.92 Å². The molecule has 0 atom stereocenters. The molecule has 0 bridgehead atoms. The summed E-state index contributed by atoms with van der Waals surface area (Å²) in [6.45, 7) is 3.70. The molecule has 0 aliphatic heterocycles.